The Bertz CT molecular complexity index is 408. The standard InChI is InChI=1S/C18H34O2Si/c1-9-10-11-17(12-13-18(17,19)15(2)3)14-20-21(7,8)16(4,5)6/h9,19H,1-2,10-14H2,3-8H3/t17-,18-/m1/s1. The van der Waals surface area contributed by atoms with Crippen molar-refractivity contribution >= 4 is 8.32 Å². The Labute approximate surface area is 132 Å². The number of rotatable bonds is 7. The highest BCUT2D eigenvalue weighted by atomic mass is 28.4. The molecule has 1 fully saturated rings. The van der Waals surface area contributed by atoms with Gasteiger partial charge in [0, 0.05) is 12.0 Å². The summed E-state index contributed by atoms with van der Waals surface area (Å²) < 4.78 is 6.45. The fourth-order valence-corrected chi connectivity index (χ4v) is 3.96. The van der Waals surface area contributed by atoms with Gasteiger partial charge in [0.15, 0.2) is 8.32 Å². The average Bonchev–Trinajstić information content (AvgIpc) is 2.35. The molecule has 0 saturated heterocycles. The van der Waals surface area contributed by atoms with Crippen LogP contribution in [-0.4, -0.2) is 25.6 Å². The summed E-state index contributed by atoms with van der Waals surface area (Å²) in [7, 11) is -1.80. The van der Waals surface area contributed by atoms with Gasteiger partial charge in [0.25, 0.3) is 0 Å². The molecule has 2 nitrogen and oxygen atoms in total. The summed E-state index contributed by atoms with van der Waals surface area (Å²) in [6, 6.07) is 0. The molecule has 0 spiro atoms. The van der Waals surface area contributed by atoms with Crippen molar-refractivity contribution in [3.05, 3.63) is 24.8 Å². The molecule has 1 N–H and O–H groups in total. The van der Waals surface area contributed by atoms with Crippen molar-refractivity contribution in [2.45, 2.75) is 77.1 Å². The highest BCUT2D eigenvalue weighted by molar-refractivity contribution is 6.74. The Balaban J connectivity index is 2.91. The largest absolute Gasteiger partial charge is 0.416 e. The predicted molar refractivity (Wildman–Crippen MR) is 94.0 cm³/mol. The monoisotopic (exact) mass is 310 g/mol. The zero-order valence-electron chi connectivity index (χ0n) is 14.9. The molecule has 122 valence electrons. The summed E-state index contributed by atoms with van der Waals surface area (Å²) in [5.74, 6) is 0. The van der Waals surface area contributed by atoms with Crippen LogP contribution in [0.5, 0.6) is 0 Å². The van der Waals surface area contributed by atoms with Crippen LogP contribution in [0.25, 0.3) is 0 Å². The Hall–Kier alpha value is -0.383. The van der Waals surface area contributed by atoms with Crippen molar-refractivity contribution in [2.75, 3.05) is 6.61 Å². The van der Waals surface area contributed by atoms with Crippen LogP contribution in [0.3, 0.4) is 0 Å². The van der Waals surface area contributed by atoms with Crippen LogP contribution in [0.2, 0.25) is 18.1 Å². The van der Waals surface area contributed by atoms with E-state index in [1.165, 1.54) is 0 Å². The summed E-state index contributed by atoms with van der Waals surface area (Å²) in [4.78, 5) is 0. The first-order chi connectivity index (χ1) is 9.42. The molecular formula is C18H34O2Si. The average molecular weight is 311 g/mol. The highest BCUT2D eigenvalue weighted by Gasteiger charge is 2.58. The quantitative estimate of drug-likeness (QED) is 0.526. The molecule has 0 aromatic heterocycles. The van der Waals surface area contributed by atoms with E-state index in [-0.39, 0.29) is 10.5 Å². The van der Waals surface area contributed by atoms with Gasteiger partial charge >= 0.3 is 0 Å². The smallest absolute Gasteiger partial charge is 0.192 e. The first-order valence-electron chi connectivity index (χ1n) is 8.05. The van der Waals surface area contributed by atoms with E-state index in [0.29, 0.717) is 6.61 Å². The molecule has 0 radical (unpaired) electrons. The van der Waals surface area contributed by atoms with Gasteiger partial charge in [-0.05, 0) is 56.3 Å². The second kappa shape index (κ2) is 6.02. The lowest BCUT2D eigenvalue weighted by Gasteiger charge is -2.58. The zero-order chi connectivity index (χ0) is 16.5. The Kier molecular flexibility index (Phi) is 5.35. The summed E-state index contributed by atoms with van der Waals surface area (Å²) in [5.41, 5.74) is -0.0716. The van der Waals surface area contributed by atoms with E-state index < -0.39 is 13.9 Å². The Morgan fingerprint density at radius 2 is 1.90 bits per heavy atom. The van der Waals surface area contributed by atoms with Crippen molar-refractivity contribution in [3.8, 4) is 0 Å². The molecule has 0 unspecified atom stereocenters. The van der Waals surface area contributed by atoms with Crippen LogP contribution in [0, 0.1) is 5.41 Å². The van der Waals surface area contributed by atoms with E-state index in [1.54, 1.807) is 0 Å². The second-order valence-corrected chi connectivity index (χ2v) is 13.1. The third kappa shape index (κ3) is 3.35. The summed E-state index contributed by atoms with van der Waals surface area (Å²) in [6.07, 6.45) is 5.59. The molecule has 1 aliphatic rings. The first kappa shape index (κ1) is 18.7. The van der Waals surface area contributed by atoms with Crippen molar-refractivity contribution in [1.29, 1.82) is 0 Å². The molecule has 1 saturated carbocycles. The minimum Gasteiger partial charge on any atom is -0.416 e. The maximum Gasteiger partial charge on any atom is 0.192 e. The summed E-state index contributed by atoms with van der Waals surface area (Å²) in [5, 5.41) is 11.2. The molecule has 1 aliphatic carbocycles. The zero-order valence-corrected chi connectivity index (χ0v) is 15.9. The predicted octanol–water partition coefficient (Wildman–Crippen LogP) is 5.06. The Morgan fingerprint density at radius 3 is 2.24 bits per heavy atom. The molecule has 2 atom stereocenters. The molecular weight excluding hydrogens is 276 g/mol. The van der Waals surface area contributed by atoms with Crippen LogP contribution in [0.1, 0.15) is 53.4 Å². The minimum absolute atomic E-state index is 0.178. The van der Waals surface area contributed by atoms with E-state index >= 15 is 0 Å². The molecule has 21 heavy (non-hydrogen) atoms. The molecule has 0 aliphatic heterocycles. The topological polar surface area (TPSA) is 29.5 Å². The van der Waals surface area contributed by atoms with Gasteiger partial charge in [-0.3, -0.25) is 0 Å². The van der Waals surface area contributed by atoms with Gasteiger partial charge < -0.3 is 9.53 Å². The fourth-order valence-electron chi connectivity index (χ4n) is 2.89. The number of allylic oxidation sites excluding steroid dienone is 1. The van der Waals surface area contributed by atoms with Crippen LogP contribution in [0.4, 0.5) is 0 Å². The molecule has 0 amide bonds. The number of hydrogen-bond donors (Lipinski definition) is 1. The van der Waals surface area contributed by atoms with E-state index in [4.69, 9.17) is 4.43 Å². The number of hydrogen-bond acceptors (Lipinski definition) is 2. The second-order valence-electron chi connectivity index (χ2n) is 8.30. The molecule has 3 heteroatoms. The van der Waals surface area contributed by atoms with Crippen molar-refractivity contribution in [2.24, 2.45) is 5.41 Å². The van der Waals surface area contributed by atoms with Gasteiger partial charge in [-0.1, -0.05) is 33.4 Å². The van der Waals surface area contributed by atoms with E-state index in [0.717, 1.165) is 31.3 Å². The van der Waals surface area contributed by atoms with Gasteiger partial charge in [0.1, 0.15) is 0 Å². The van der Waals surface area contributed by atoms with Crippen molar-refractivity contribution < 1.29 is 9.53 Å². The highest BCUT2D eigenvalue weighted by Crippen LogP contribution is 2.57. The number of aliphatic hydroxyl groups is 1. The van der Waals surface area contributed by atoms with E-state index in [9.17, 15) is 5.11 Å². The lowest BCUT2D eigenvalue weighted by Crippen LogP contribution is -2.61. The van der Waals surface area contributed by atoms with Crippen LogP contribution in [0.15, 0.2) is 24.8 Å². The van der Waals surface area contributed by atoms with Gasteiger partial charge in [-0.25, -0.2) is 0 Å². The van der Waals surface area contributed by atoms with Gasteiger partial charge in [0.05, 0.1) is 5.60 Å². The van der Waals surface area contributed by atoms with E-state index in [1.807, 2.05) is 13.0 Å². The normalized spacial score (nSPS) is 29.9. The maximum atomic E-state index is 11.0. The third-order valence-electron chi connectivity index (χ3n) is 5.89. The lowest BCUT2D eigenvalue weighted by molar-refractivity contribution is -0.161. The van der Waals surface area contributed by atoms with Gasteiger partial charge in [-0.2, -0.15) is 0 Å². The molecule has 0 aromatic rings. The maximum absolute atomic E-state index is 11.0. The fraction of sp³-hybridized carbons (Fsp3) is 0.778. The minimum atomic E-state index is -1.80. The molecule has 0 heterocycles. The van der Waals surface area contributed by atoms with Crippen molar-refractivity contribution in [3.63, 3.8) is 0 Å². The molecule has 0 bridgehead atoms. The Morgan fingerprint density at radius 1 is 1.33 bits per heavy atom. The molecule has 0 aromatic carbocycles. The van der Waals surface area contributed by atoms with Crippen LogP contribution >= 0.6 is 0 Å². The van der Waals surface area contributed by atoms with Crippen LogP contribution in [-0.2, 0) is 4.43 Å². The molecule has 1 rings (SSSR count). The van der Waals surface area contributed by atoms with E-state index in [2.05, 4.69) is 47.0 Å². The lowest BCUT2D eigenvalue weighted by atomic mass is 9.53. The van der Waals surface area contributed by atoms with Gasteiger partial charge in [0.2, 0.25) is 0 Å². The SMILES string of the molecule is C=CCC[C@]1(CO[Si](C)(C)C(C)(C)C)CC[C@@]1(O)C(=C)C. The van der Waals surface area contributed by atoms with Crippen molar-refractivity contribution in [1.82, 2.24) is 0 Å². The summed E-state index contributed by atoms with van der Waals surface area (Å²) >= 11 is 0. The van der Waals surface area contributed by atoms with Crippen LogP contribution < -0.4 is 0 Å². The third-order valence-corrected chi connectivity index (χ3v) is 10.4. The first-order valence-corrected chi connectivity index (χ1v) is 11.0. The van der Waals surface area contributed by atoms with Gasteiger partial charge in [-0.15, -0.1) is 6.58 Å². The summed E-state index contributed by atoms with van der Waals surface area (Å²) in [6.45, 7) is 21.7.